The molecule has 1 fully saturated rings. The predicted molar refractivity (Wildman–Crippen MR) is 102 cm³/mol. The molecule has 2 aliphatic rings. The summed E-state index contributed by atoms with van der Waals surface area (Å²) in [5.74, 6) is 1.32. The number of likely N-dealkylation sites (tertiary alicyclic amines) is 1. The Balaban J connectivity index is 1.33. The zero-order chi connectivity index (χ0) is 18.1. The van der Waals surface area contributed by atoms with Gasteiger partial charge in [-0.25, -0.2) is 0 Å². The summed E-state index contributed by atoms with van der Waals surface area (Å²) in [6.45, 7) is 4.77. The number of hydrogen-bond acceptors (Lipinski definition) is 4. The summed E-state index contributed by atoms with van der Waals surface area (Å²) in [7, 11) is 0. The molecule has 2 aromatic rings. The Bertz CT molecular complexity index is 753. The van der Waals surface area contributed by atoms with Crippen LogP contribution in [0.3, 0.4) is 0 Å². The molecule has 4 rings (SSSR count). The lowest BCUT2D eigenvalue weighted by Crippen LogP contribution is -2.49. The molecule has 2 heterocycles. The Morgan fingerprint density at radius 3 is 2.62 bits per heavy atom. The van der Waals surface area contributed by atoms with Gasteiger partial charge in [-0.05, 0) is 36.6 Å². The molecule has 2 aliphatic heterocycles. The zero-order valence-corrected chi connectivity index (χ0v) is 15.3. The van der Waals surface area contributed by atoms with Gasteiger partial charge in [-0.15, -0.1) is 0 Å². The first-order valence-electron chi connectivity index (χ1n) is 9.52. The highest BCUT2D eigenvalue weighted by molar-refractivity contribution is 5.42. The number of rotatable bonds is 4. The lowest BCUT2D eigenvalue weighted by atomic mass is 9.77. The third-order valence-electron chi connectivity index (χ3n) is 6.07. The highest BCUT2D eigenvalue weighted by Gasteiger charge is 2.38. The van der Waals surface area contributed by atoms with Gasteiger partial charge in [0, 0.05) is 37.5 Å². The maximum Gasteiger partial charge on any atom is 0.123 e. The Kier molecular flexibility index (Phi) is 4.63. The van der Waals surface area contributed by atoms with E-state index in [0.29, 0.717) is 5.75 Å². The molecular weight excluding hydrogens is 326 g/mol. The highest BCUT2D eigenvalue weighted by atomic mass is 16.5. The normalized spacial score (nSPS) is 23.2. The number of piperidine rings is 1. The van der Waals surface area contributed by atoms with Crippen LogP contribution in [0.5, 0.6) is 11.5 Å². The van der Waals surface area contributed by atoms with Crippen LogP contribution in [0.15, 0.2) is 48.5 Å². The van der Waals surface area contributed by atoms with Gasteiger partial charge in [0.15, 0.2) is 0 Å². The molecule has 0 bridgehead atoms. The number of nitrogens with zero attached hydrogens (tertiary/aromatic N) is 1. The minimum absolute atomic E-state index is 0.129. The number of aliphatic hydroxyl groups is 1. The van der Waals surface area contributed by atoms with Crippen molar-refractivity contribution in [3.05, 3.63) is 59.7 Å². The van der Waals surface area contributed by atoms with Gasteiger partial charge in [0.1, 0.15) is 17.6 Å². The van der Waals surface area contributed by atoms with Gasteiger partial charge in [-0.3, -0.25) is 4.90 Å². The van der Waals surface area contributed by atoms with E-state index >= 15 is 0 Å². The minimum Gasteiger partial charge on any atom is -0.508 e. The second-order valence-electron chi connectivity index (χ2n) is 7.77. The zero-order valence-electron chi connectivity index (χ0n) is 15.3. The van der Waals surface area contributed by atoms with Crippen molar-refractivity contribution in [2.75, 3.05) is 19.6 Å². The Labute approximate surface area is 155 Å². The van der Waals surface area contributed by atoms with E-state index in [9.17, 15) is 10.2 Å². The molecule has 0 spiro atoms. The number of phenols is 1. The van der Waals surface area contributed by atoms with Gasteiger partial charge in [-0.2, -0.15) is 0 Å². The van der Waals surface area contributed by atoms with E-state index in [-0.39, 0.29) is 12.0 Å². The Hall–Kier alpha value is -2.04. The van der Waals surface area contributed by atoms with E-state index in [2.05, 4.69) is 24.0 Å². The molecule has 4 heteroatoms. The lowest BCUT2D eigenvalue weighted by molar-refractivity contribution is -0.0435. The van der Waals surface area contributed by atoms with Crippen LogP contribution in [0.1, 0.15) is 36.8 Å². The van der Waals surface area contributed by atoms with Crippen molar-refractivity contribution in [3.8, 4) is 11.5 Å². The summed E-state index contributed by atoms with van der Waals surface area (Å²) in [5.41, 5.74) is 1.66. The molecule has 1 saturated heterocycles. The average Bonchev–Trinajstić information content (AvgIpc) is 3.05. The summed E-state index contributed by atoms with van der Waals surface area (Å²) < 4.78 is 6.02. The van der Waals surface area contributed by atoms with Crippen molar-refractivity contribution >= 4 is 0 Å². The molecule has 2 aromatic carbocycles. The number of benzene rings is 2. The monoisotopic (exact) mass is 353 g/mol. The van der Waals surface area contributed by atoms with Crippen LogP contribution in [0.2, 0.25) is 0 Å². The SMILES string of the molecule is C[C@H](c1ccccc1)C1(O)CCN(CC2Cc3cc(O)ccc3O2)CC1. The van der Waals surface area contributed by atoms with Crippen molar-refractivity contribution in [1.82, 2.24) is 4.90 Å². The van der Waals surface area contributed by atoms with Crippen molar-refractivity contribution in [3.63, 3.8) is 0 Å². The first kappa shape index (κ1) is 17.4. The fourth-order valence-electron chi connectivity index (χ4n) is 4.30. The third kappa shape index (κ3) is 3.44. The van der Waals surface area contributed by atoms with Crippen molar-refractivity contribution < 1.29 is 14.9 Å². The van der Waals surface area contributed by atoms with Gasteiger partial charge in [0.05, 0.1) is 5.60 Å². The lowest BCUT2D eigenvalue weighted by Gasteiger charge is -2.42. The summed E-state index contributed by atoms with van der Waals surface area (Å²) in [6, 6.07) is 15.6. The van der Waals surface area contributed by atoms with E-state index < -0.39 is 5.60 Å². The maximum atomic E-state index is 11.2. The van der Waals surface area contributed by atoms with E-state index in [1.54, 1.807) is 12.1 Å². The number of fused-ring (bicyclic) bond motifs is 1. The number of aromatic hydroxyl groups is 1. The fourth-order valence-corrected chi connectivity index (χ4v) is 4.30. The van der Waals surface area contributed by atoms with Gasteiger partial charge in [-0.1, -0.05) is 37.3 Å². The molecule has 0 aliphatic carbocycles. The Morgan fingerprint density at radius 2 is 1.88 bits per heavy atom. The topological polar surface area (TPSA) is 52.9 Å². The van der Waals surface area contributed by atoms with E-state index in [1.165, 1.54) is 5.56 Å². The molecule has 2 N–H and O–H groups in total. The maximum absolute atomic E-state index is 11.2. The first-order valence-corrected chi connectivity index (χ1v) is 9.52. The van der Waals surface area contributed by atoms with E-state index in [4.69, 9.17) is 4.74 Å². The van der Waals surface area contributed by atoms with E-state index in [0.717, 1.165) is 50.2 Å². The summed E-state index contributed by atoms with van der Waals surface area (Å²) in [4.78, 5) is 2.39. The second kappa shape index (κ2) is 6.93. The van der Waals surface area contributed by atoms with Crippen LogP contribution in [0, 0.1) is 0 Å². The Morgan fingerprint density at radius 1 is 1.15 bits per heavy atom. The quantitative estimate of drug-likeness (QED) is 0.885. The molecule has 4 nitrogen and oxygen atoms in total. The molecule has 2 atom stereocenters. The van der Waals surface area contributed by atoms with Crippen molar-refractivity contribution in [2.24, 2.45) is 0 Å². The van der Waals surface area contributed by atoms with Gasteiger partial charge < -0.3 is 14.9 Å². The molecule has 0 radical (unpaired) electrons. The van der Waals surface area contributed by atoms with Crippen molar-refractivity contribution in [1.29, 1.82) is 0 Å². The largest absolute Gasteiger partial charge is 0.508 e. The van der Waals surface area contributed by atoms with Gasteiger partial charge in [0.25, 0.3) is 0 Å². The number of ether oxygens (including phenoxy) is 1. The fraction of sp³-hybridized carbons (Fsp3) is 0.455. The second-order valence-corrected chi connectivity index (χ2v) is 7.77. The molecule has 0 aromatic heterocycles. The summed E-state index contributed by atoms with van der Waals surface area (Å²) in [5, 5.41) is 20.8. The highest BCUT2D eigenvalue weighted by Crippen LogP contribution is 2.37. The van der Waals surface area contributed by atoms with Crippen LogP contribution >= 0.6 is 0 Å². The van der Waals surface area contributed by atoms with Crippen molar-refractivity contribution in [2.45, 2.75) is 43.8 Å². The molecule has 138 valence electrons. The predicted octanol–water partition coefficient (Wildman–Crippen LogP) is 3.33. The van der Waals surface area contributed by atoms with Crippen LogP contribution in [-0.4, -0.2) is 46.5 Å². The molecule has 0 saturated carbocycles. The average molecular weight is 353 g/mol. The van der Waals surface area contributed by atoms with Crippen LogP contribution < -0.4 is 4.74 Å². The first-order chi connectivity index (χ1) is 12.5. The standard InChI is InChI=1S/C22H27NO3/c1-16(17-5-3-2-4-6-17)22(25)9-11-23(12-10-22)15-20-14-18-13-19(24)7-8-21(18)26-20/h2-8,13,16,20,24-25H,9-12,14-15H2,1H3/t16-,20?/m1/s1. The molecule has 26 heavy (non-hydrogen) atoms. The van der Waals surface area contributed by atoms with Crippen LogP contribution in [0.25, 0.3) is 0 Å². The van der Waals surface area contributed by atoms with Gasteiger partial charge >= 0.3 is 0 Å². The number of phenolic OH excluding ortho intramolecular Hbond substituents is 1. The van der Waals surface area contributed by atoms with Crippen LogP contribution in [0.4, 0.5) is 0 Å². The van der Waals surface area contributed by atoms with Crippen LogP contribution in [-0.2, 0) is 6.42 Å². The molecule has 1 unspecified atom stereocenters. The summed E-state index contributed by atoms with van der Waals surface area (Å²) in [6.07, 6.45) is 2.53. The number of hydrogen-bond donors (Lipinski definition) is 2. The summed E-state index contributed by atoms with van der Waals surface area (Å²) >= 11 is 0. The van der Waals surface area contributed by atoms with Gasteiger partial charge in [0.2, 0.25) is 0 Å². The third-order valence-corrected chi connectivity index (χ3v) is 6.07. The minimum atomic E-state index is -0.636. The molecular formula is C22H27NO3. The van der Waals surface area contributed by atoms with E-state index in [1.807, 2.05) is 24.3 Å². The molecule has 0 amide bonds. The smallest absolute Gasteiger partial charge is 0.123 e.